The molecule has 0 bridgehead atoms. The van der Waals surface area contributed by atoms with Gasteiger partial charge in [0.05, 0.1) is 20.3 Å². The van der Waals surface area contributed by atoms with E-state index in [2.05, 4.69) is 30.4 Å². The number of nitrogens with one attached hydrogen (secondary N) is 1. The van der Waals surface area contributed by atoms with Gasteiger partial charge in [0, 0.05) is 6.42 Å². The van der Waals surface area contributed by atoms with Gasteiger partial charge in [-0.15, -0.1) is 0 Å². The van der Waals surface area contributed by atoms with Gasteiger partial charge in [-0.3, -0.25) is 4.79 Å². The lowest BCUT2D eigenvalue weighted by Crippen LogP contribution is -2.27. The number of hydrogen-bond acceptors (Lipinski definition) is 3. The van der Waals surface area contributed by atoms with E-state index in [1.54, 1.807) is 14.2 Å². The van der Waals surface area contributed by atoms with Crippen molar-refractivity contribution in [2.75, 3.05) is 14.2 Å². The molecular formula is C23H29NO3. The van der Waals surface area contributed by atoms with Gasteiger partial charge in [-0.05, 0) is 73.4 Å². The third-order valence-electron chi connectivity index (χ3n) is 5.34. The Morgan fingerprint density at radius 1 is 1.00 bits per heavy atom. The standard InChI is InChI=1S/C23H29NO3/c1-16(19-11-10-18-6-4-5-7-20(18)15-19)24-23(25)13-9-17-8-12-21(26-2)22(14-17)27-3/h8,10-12,14-16H,4-7,9,13H2,1-3H3,(H,24,25)/t16-/m1/s1. The van der Waals surface area contributed by atoms with Crippen LogP contribution in [0.15, 0.2) is 36.4 Å². The van der Waals surface area contributed by atoms with Crippen molar-refractivity contribution in [1.82, 2.24) is 5.32 Å². The van der Waals surface area contributed by atoms with Crippen molar-refractivity contribution in [3.8, 4) is 11.5 Å². The molecule has 4 heteroatoms. The molecule has 1 aliphatic rings. The fourth-order valence-electron chi connectivity index (χ4n) is 3.71. The highest BCUT2D eigenvalue weighted by Gasteiger charge is 2.14. The van der Waals surface area contributed by atoms with Gasteiger partial charge < -0.3 is 14.8 Å². The molecule has 3 rings (SSSR count). The smallest absolute Gasteiger partial charge is 0.220 e. The zero-order valence-electron chi connectivity index (χ0n) is 16.5. The lowest BCUT2D eigenvalue weighted by molar-refractivity contribution is -0.121. The van der Waals surface area contributed by atoms with E-state index in [0.717, 1.165) is 12.0 Å². The summed E-state index contributed by atoms with van der Waals surface area (Å²) >= 11 is 0. The van der Waals surface area contributed by atoms with E-state index in [1.165, 1.54) is 36.0 Å². The Balaban J connectivity index is 1.56. The number of carbonyl (C=O) groups excluding carboxylic acids is 1. The van der Waals surface area contributed by atoms with Crippen molar-refractivity contribution in [3.05, 3.63) is 58.7 Å². The highest BCUT2D eigenvalue weighted by Crippen LogP contribution is 2.28. The maximum atomic E-state index is 12.4. The predicted octanol–water partition coefficient (Wildman–Crippen LogP) is 4.39. The Kier molecular flexibility index (Phi) is 6.38. The third-order valence-corrected chi connectivity index (χ3v) is 5.34. The lowest BCUT2D eigenvalue weighted by Gasteiger charge is -2.20. The van der Waals surface area contributed by atoms with Gasteiger partial charge in [0.15, 0.2) is 11.5 Å². The van der Waals surface area contributed by atoms with Crippen LogP contribution in [0.1, 0.15) is 54.5 Å². The lowest BCUT2D eigenvalue weighted by atomic mass is 9.89. The van der Waals surface area contributed by atoms with Crippen molar-refractivity contribution in [2.45, 2.75) is 51.5 Å². The highest BCUT2D eigenvalue weighted by atomic mass is 16.5. The molecule has 1 N–H and O–H groups in total. The Hall–Kier alpha value is -2.49. The van der Waals surface area contributed by atoms with Crippen molar-refractivity contribution >= 4 is 5.91 Å². The summed E-state index contributed by atoms with van der Waals surface area (Å²) in [7, 11) is 3.24. The van der Waals surface area contributed by atoms with Crippen molar-refractivity contribution in [2.24, 2.45) is 0 Å². The largest absolute Gasteiger partial charge is 0.493 e. The van der Waals surface area contributed by atoms with E-state index in [0.29, 0.717) is 24.3 Å². The zero-order valence-corrected chi connectivity index (χ0v) is 16.5. The van der Waals surface area contributed by atoms with Gasteiger partial charge in [0.2, 0.25) is 5.91 Å². The van der Waals surface area contributed by atoms with Gasteiger partial charge in [-0.2, -0.15) is 0 Å². The van der Waals surface area contributed by atoms with E-state index in [9.17, 15) is 4.79 Å². The Morgan fingerprint density at radius 3 is 2.48 bits per heavy atom. The highest BCUT2D eigenvalue weighted by molar-refractivity contribution is 5.76. The van der Waals surface area contributed by atoms with Crippen LogP contribution in [0.2, 0.25) is 0 Å². The van der Waals surface area contributed by atoms with Crippen molar-refractivity contribution in [1.29, 1.82) is 0 Å². The number of rotatable bonds is 7. The minimum atomic E-state index is 0.0233. The monoisotopic (exact) mass is 367 g/mol. The number of methoxy groups -OCH3 is 2. The molecule has 0 saturated heterocycles. The number of carbonyl (C=O) groups is 1. The fourth-order valence-corrected chi connectivity index (χ4v) is 3.71. The van der Waals surface area contributed by atoms with Crippen LogP contribution >= 0.6 is 0 Å². The number of aryl methyl sites for hydroxylation is 3. The summed E-state index contributed by atoms with van der Waals surface area (Å²) in [6.07, 6.45) is 6.01. The normalized spacial score (nSPS) is 14.2. The first kappa shape index (κ1) is 19.3. The quantitative estimate of drug-likeness (QED) is 0.789. The van der Waals surface area contributed by atoms with Crippen molar-refractivity contribution < 1.29 is 14.3 Å². The van der Waals surface area contributed by atoms with Crippen LogP contribution in [0.4, 0.5) is 0 Å². The molecule has 144 valence electrons. The topological polar surface area (TPSA) is 47.6 Å². The van der Waals surface area contributed by atoms with E-state index >= 15 is 0 Å². The SMILES string of the molecule is COc1ccc(CCC(=O)N[C@H](C)c2ccc3c(c2)CCCC3)cc1OC. The van der Waals surface area contributed by atoms with E-state index < -0.39 is 0 Å². The molecule has 0 fully saturated rings. The second-order valence-electron chi connectivity index (χ2n) is 7.21. The molecule has 1 aliphatic carbocycles. The molecule has 2 aromatic rings. The maximum Gasteiger partial charge on any atom is 0.220 e. The number of ether oxygens (including phenoxy) is 2. The van der Waals surface area contributed by atoms with Gasteiger partial charge in [-0.25, -0.2) is 0 Å². The molecule has 1 atom stereocenters. The Bertz CT molecular complexity index is 800. The van der Waals surface area contributed by atoms with Crippen LogP contribution in [-0.4, -0.2) is 20.1 Å². The number of fused-ring (bicyclic) bond motifs is 1. The summed E-state index contributed by atoms with van der Waals surface area (Å²) in [5, 5.41) is 3.13. The van der Waals surface area contributed by atoms with Crippen LogP contribution in [0.5, 0.6) is 11.5 Å². The summed E-state index contributed by atoms with van der Waals surface area (Å²) in [6, 6.07) is 12.5. The molecule has 2 aromatic carbocycles. The first-order valence-corrected chi connectivity index (χ1v) is 9.72. The fraction of sp³-hybridized carbons (Fsp3) is 0.435. The Morgan fingerprint density at radius 2 is 1.74 bits per heavy atom. The summed E-state index contributed by atoms with van der Waals surface area (Å²) in [5.74, 6) is 1.46. The number of hydrogen-bond donors (Lipinski definition) is 1. The van der Waals surface area contributed by atoms with E-state index in [-0.39, 0.29) is 11.9 Å². The average molecular weight is 367 g/mol. The maximum absolute atomic E-state index is 12.4. The molecule has 1 amide bonds. The molecule has 0 saturated carbocycles. The molecule has 0 heterocycles. The molecule has 0 radical (unpaired) electrons. The van der Waals surface area contributed by atoms with Crippen LogP contribution in [0.3, 0.4) is 0 Å². The van der Waals surface area contributed by atoms with Gasteiger partial charge in [0.25, 0.3) is 0 Å². The summed E-state index contributed by atoms with van der Waals surface area (Å²) in [6.45, 7) is 2.05. The molecule has 0 aliphatic heterocycles. The summed E-state index contributed by atoms with van der Waals surface area (Å²) in [5.41, 5.74) is 5.17. The average Bonchev–Trinajstić information content (AvgIpc) is 2.71. The zero-order chi connectivity index (χ0) is 19.2. The first-order valence-electron chi connectivity index (χ1n) is 9.72. The van der Waals surface area contributed by atoms with Gasteiger partial charge in [0.1, 0.15) is 0 Å². The van der Waals surface area contributed by atoms with E-state index in [1.807, 2.05) is 18.2 Å². The molecule has 4 nitrogen and oxygen atoms in total. The minimum Gasteiger partial charge on any atom is -0.493 e. The van der Waals surface area contributed by atoms with Crippen LogP contribution in [0, 0.1) is 0 Å². The van der Waals surface area contributed by atoms with E-state index in [4.69, 9.17) is 9.47 Å². The summed E-state index contributed by atoms with van der Waals surface area (Å²) < 4.78 is 10.6. The second kappa shape index (κ2) is 8.94. The third kappa shape index (κ3) is 4.82. The summed E-state index contributed by atoms with van der Waals surface area (Å²) in [4.78, 5) is 12.4. The molecule has 27 heavy (non-hydrogen) atoms. The van der Waals surface area contributed by atoms with Crippen molar-refractivity contribution in [3.63, 3.8) is 0 Å². The molecular weight excluding hydrogens is 338 g/mol. The number of amides is 1. The minimum absolute atomic E-state index is 0.0233. The van der Waals surface area contributed by atoms with Gasteiger partial charge in [-0.1, -0.05) is 24.3 Å². The van der Waals surface area contributed by atoms with Crippen LogP contribution in [0.25, 0.3) is 0 Å². The van der Waals surface area contributed by atoms with Crippen LogP contribution < -0.4 is 14.8 Å². The second-order valence-corrected chi connectivity index (χ2v) is 7.21. The Labute approximate surface area is 161 Å². The van der Waals surface area contributed by atoms with Gasteiger partial charge >= 0.3 is 0 Å². The van der Waals surface area contributed by atoms with Crippen LogP contribution in [-0.2, 0) is 24.1 Å². The molecule has 0 aromatic heterocycles. The molecule has 0 unspecified atom stereocenters. The number of benzene rings is 2. The predicted molar refractivity (Wildman–Crippen MR) is 108 cm³/mol. The first-order chi connectivity index (χ1) is 13.1. The molecule has 0 spiro atoms.